The van der Waals surface area contributed by atoms with Gasteiger partial charge in [-0.2, -0.15) is 8.78 Å². The van der Waals surface area contributed by atoms with Gasteiger partial charge >= 0.3 is 6.61 Å². The molecule has 0 aliphatic carbocycles. The third-order valence-electron chi connectivity index (χ3n) is 4.66. The largest absolute Gasteiger partial charge is 0.435 e. The van der Waals surface area contributed by atoms with Crippen LogP contribution < -0.4 is 9.64 Å². The van der Waals surface area contributed by atoms with Crippen molar-refractivity contribution in [2.24, 2.45) is 0 Å². The minimum atomic E-state index is -2.85. The summed E-state index contributed by atoms with van der Waals surface area (Å²) in [6.45, 7) is 0.919. The number of ether oxygens (including phenoxy) is 2. The molecule has 2 aromatic rings. The molecule has 1 heterocycles. The Balaban J connectivity index is 1.52. The van der Waals surface area contributed by atoms with Crippen LogP contribution in [0.1, 0.15) is 11.1 Å². The molecule has 7 heteroatoms. The van der Waals surface area contributed by atoms with Gasteiger partial charge < -0.3 is 19.3 Å². The number of benzene rings is 2. The van der Waals surface area contributed by atoms with Gasteiger partial charge in [-0.25, -0.2) is 0 Å². The Labute approximate surface area is 163 Å². The number of rotatable bonds is 7. The molecule has 0 atom stereocenters. The number of morpholine rings is 1. The van der Waals surface area contributed by atoms with Crippen molar-refractivity contribution in [1.29, 1.82) is 0 Å². The summed E-state index contributed by atoms with van der Waals surface area (Å²) in [6.07, 6.45) is 0.206. The van der Waals surface area contributed by atoms with E-state index in [2.05, 4.69) is 21.8 Å². The van der Waals surface area contributed by atoms with Crippen LogP contribution in [0.15, 0.2) is 48.5 Å². The molecule has 1 aliphatic heterocycles. The number of halogens is 2. The predicted octanol–water partition coefficient (Wildman–Crippen LogP) is 3.33. The molecule has 0 radical (unpaired) electrons. The van der Waals surface area contributed by atoms with Gasteiger partial charge in [-0.05, 0) is 35.4 Å². The number of likely N-dealkylation sites (N-methyl/N-ethyl adjacent to an activating group) is 1. The summed E-state index contributed by atoms with van der Waals surface area (Å²) in [4.78, 5) is 16.4. The van der Waals surface area contributed by atoms with E-state index >= 15 is 0 Å². The zero-order valence-electron chi connectivity index (χ0n) is 15.8. The van der Waals surface area contributed by atoms with Gasteiger partial charge in [0.15, 0.2) is 0 Å². The van der Waals surface area contributed by atoms with Gasteiger partial charge in [-0.1, -0.05) is 24.3 Å². The highest BCUT2D eigenvalue weighted by Crippen LogP contribution is 2.18. The van der Waals surface area contributed by atoms with Crippen LogP contribution in [-0.4, -0.2) is 50.8 Å². The van der Waals surface area contributed by atoms with Crippen molar-refractivity contribution in [3.8, 4) is 5.75 Å². The van der Waals surface area contributed by atoms with Crippen LogP contribution in [0.25, 0.3) is 0 Å². The fraction of sp³-hybridized carbons (Fsp3) is 0.381. The molecule has 1 fully saturated rings. The summed E-state index contributed by atoms with van der Waals surface area (Å²) < 4.78 is 34.1. The zero-order chi connectivity index (χ0) is 19.9. The molecule has 28 heavy (non-hydrogen) atoms. The summed E-state index contributed by atoms with van der Waals surface area (Å²) in [5, 5.41) is 0. The second kappa shape index (κ2) is 9.50. The molecule has 2 aromatic carbocycles. The van der Waals surface area contributed by atoms with Gasteiger partial charge in [0.1, 0.15) is 5.75 Å². The number of carbonyl (C=O) groups excluding carboxylic acids is 1. The zero-order valence-corrected chi connectivity index (χ0v) is 15.8. The van der Waals surface area contributed by atoms with Crippen molar-refractivity contribution in [3.05, 3.63) is 59.7 Å². The summed E-state index contributed by atoms with van der Waals surface area (Å²) in [6, 6.07) is 14.3. The van der Waals surface area contributed by atoms with E-state index in [4.69, 9.17) is 4.74 Å². The first-order valence-electron chi connectivity index (χ1n) is 9.20. The lowest BCUT2D eigenvalue weighted by Gasteiger charge is -2.29. The highest BCUT2D eigenvalue weighted by atomic mass is 19.3. The Morgan fingerprint density at radius 2 is 1.68 bits per heavy atom. The van der Waals surface area contributed by atoms with Crippen LogP contribution in [0, 0.1) is 0 Å². The summed E-state index contributed by atoms with van der Waals surface area (Å²) >= 11 is 0. The van der Waals surface area contributed by atoms with Crippen molar-refractivity contribution in [2.45, 2.75) is 19.6 Å². The van der Waals surface area contributed by atoms with Crippen molar-refractivity contribution >= 4 is 11.6 Å². The van der Waals surface area contributed by atoms with E-state index < -0.39 is 6.61 Å². The Morgan fingerprint density at radius 3 is 2.29 bits per heavy atom. The van der Waals surface area contributed by atoms with Crippen LogP contribution in [0.3, 0.4) is 0 Å². The maximum Gasteiger partial charge on any atom is 0.387 e. The molecular formula is C21H24F2N2O3. The molecule has 0 aromatic heterocycles. The molecule has 3 rings (SSSR count). The van der Waals surface area contributed by atoms with Crippen LogP contribution in [0.2, 0.25) is 0 Å². The minimum Gasteiger partial charge on any atom is -0.435 e. The SMILES string of the molecule is CN(Cc1ccc(N2CCOCC2)cc1)C(=O)Cc1ccc(OC(F)F)cc1. The summed E-state index contributed by atoms with van der Waals surface area (Å²) in [5.41, 5.74) is 2.96. The van der Waals surface area contributed by atoms with Crippen LogP contribution >= 0.6 is 0 Å². The monoisotopic (exact) mass is 390 g/mol. The van der Waals surface area contributed by atoms with Gasteiger partial charge in [0.25, 0.3) is 0 Å². The topological polar surface area (TPSA) is 42.0 Å². The number of amides is 1. The molecule has 0 N–H and O–H groups in total. The number of carbonyl (C=O) groups is 1. The van der Waals surface area contributed by atoms with Crippen LogP contribution in [0.4, 0.5) is 14.5 Å². The fourth-order valence-electron chi connectivity index (χ4n) is 3.09. The summed E-state index contributed by atoms with van der Waals surface area (Å²) in [7, 11) is 1.76. The molecule has 5 nitrogen and oxygen atoms in total. The van der Waals surface area contributed by atoms with E-state index in [1.54, 1.807) is 24.1 Å². The van der Waals surface area contributed by atoms with E-state index in [0.29, 0.717) is 6.54 Å². The quantitative estimate of drug-likeness (QED) is 0.727. The van der Waals surface area contributed by atoms with Crippen LogP contribution in [-0.2, 0) is 22.5 Å². The number of anilines is 1. The molecule has 0 spiro atoms. The predicted molar refractivity (Wildman–Crippen MR) is 103 cm³/mol. The molecule has 1 aliphatic rings. The Kier molecular flexibility index (Phi) is 6.81. The van der Waals surface area contributed by atoms with Gasteiger partial charge in [-0.15, -0.1) is 0 Å². The lowest BCUT2D eigenvalue weighted by molar-refractivity contribution is -0.129. The van der Waals surface area contributed by atoms with Gasteiger partial charge in [0.2, 0.25) is 5.91 Å². The lowest BCUT2D eigenvalue weighted by atomic mass is 10.1. The van der Waals surface area contributed by atoms with Crippen molar-refractivity contribution in [3.63, 3.8) is 0 Å². The molecule has 0 saturated carbocycles. The average molecular weight is 390 g/mol. The maximum atomic E-state index is 12.4. The third kappa shape index (κ3) is 5.66. The smallest absolute Gasteiger partial charge is 0.387 e. The number of hydrogen-bond donors (Lipinski definition) is 0. The molecule has 0 unspecified atom stereocenters. The maximum absolute atomic E-state index is 12.4. The molecule has 150 valence electrons. The minimum absolute atomic E-state index is 0.0419. The van der Waals surface area contributed by atoms with Crippen molar-refractivity contribution < 1.29 is 23.0 Å². The Bertz CT molecular complexity index is 760. The number of nitrogens with zero attached hydrogens (tertiary/aromatic N) is 2. The van der Waals surface area contributed by atoms with Crippen LogP contribution in [0.5, 0.6) is 5.75 Å². The highest BCUT2D eigenvalue weighted by molar-refractivity contribution is 5.78. The average Bonchev–Trinajstić information content (AvgIpc) is 2.70. The normalized spacial score (nSPS) is 14.2. The molecule has 1 amide bonds. The lowest BCUT2D eigenvalue weighted by Crippen LogP contribution is -2.36. The highest BCUT2D eigenvalue weighted by Gasteiger charge is 2.13. The van der Waals surface area contributed by atoms with E-state index in [1.807, 2.05) is 12.1 Å². The molecule has 1 saturated heterocycles. The standard InChI is InChI=1S/C21H24F2N2O3/c1-24(20(26)14-16-4-8-19(9-5-16)28-21(22)23)15-17-2-6-18(7-3-17)25-10-12-27-13-11-25/h2-9,21H,10-15H2,1H3. The van der Waals surface area contributed by atoms with E-state index in [-0.39, 0.29) is 18.1 Å². The Hall–Kier alpha value is -2.67. The van der Waals surface area contributed by atoms with E-state index in [1.165, 1.54) is 12.1 Å². The van der Waals surface area contributed by atoms with Crippen molar-refractivity contribution in [2.75, 3.05) is 38.3 Å². The molecular weight excluding hydrogens is 366 g/mol. The molecule has 0 bridgehead atoms. The first-order chi connectivity index (χ1) is 13.5. The first kappa shape index (κ1) is 20.1. The second-order valence-electron chi connectivity index (χ2n) is 6.71. The number of hydrogen-bond acceptors (Lipinski definition) is 4. The second-order valence-corrected chi connectivity index (χ2v) is 6.71. The summed E-state index contributed by atoms with van der Waals surface area (Å²) in [5.74, 6) is 0.0414. The van der Waals surface area contributed by atoms with E-state index in [9.17, 15) is 13.6 Å². The van der Waals surface area contributed by atoms with Gasteiger partial charge in [-0.3, -0.25) is 4.79 Å². The van der Waals surface area contributed by atoms with Gasteiger partial charge in [0.05, 0.1) is 19.6 Å². The first-order valence-corrected chi connectivity index (χ1v) is 9.20. The van der Waals surface area contributed by atoms with Crippen molar-refractivity contribution in [1.82, 2.24) is 4.90 Å². The third-order valence-corrected chi connectivity index (χ3v) is 4.66. The van der Waals surface area contributed by atoms with Gasteiger partial charge in [0, 0.05) is 32.4 Å². The number of alkyl halides is 2. The fourth-order valence-corrected chi connectivity index (χ4v) is 3.09. The van der Waals surface area contributed by atoms with E-state index in [0.717, 1.165) is 43.1 Å². The Morgan fingerprint density at radius 1 is 1.07 bits per heavy atom.